The second-order valence-corrected chi connectivity index (χ2v) is 5.66. The van der Waals surface area contributed by atoms with Crippen LogP contribution in [-0.2, 0) is 9.53 Å². The fourth-order valence-electron chi connectivity index (χ4n) is 2.93. The first kappa shape index (κ1) is 16.7. The van der Waals surface area contributed by atoms with Gasteiger partial charge in [0.25, 0.3) is 0 Å². The molecule has 1 saturated heterocycles. The van der Waals surface area contributed by atoms with Crippen molar-refractivity contribution in [2.24, 2.45) is 0 Å². The summed E-state index contributed by atoms with van der Waals surface area (Å²) in [7, 11) is 0. The summed E-state index contributed by atoms with van der Waals surface area (Å²) in [5.74, 6) is -1.21. The van der Waals surface area contributed by atoms with Crippen LogP contribution in [0.3, 0.4) is 0 Å². The molecule has 1 aliphatic heterocycles. The molecule has 24 heavy (non-hydrogen) atoms. The number of hydrogen-bond donors (Lipinski definition) is 4. The van der Waals surface area contributed by atoms with E-state index >= 15 is 0 Å². The molecule has 9 heteroatoms. The Bertz CT molecular complexity index is 798. The molecule has 2 aromatic rings. The minimum Gasteiger partial charge on any atom is -0.408 e. The van der Waals surface area contributed by atoms with E-state index in [9.17, 15) is 24.9 Å². The number of nitrogens with zero attached hydrogens (tertiary/aromatic N) is 1. The average Bonchev–Trinajstić information content (AvgIpc) is 2.88. The van der Waals surface area contributed by atoms with Crippen molar-refractivity contribution < 1.29 is 29.3 Å². The molecule has 0 spiro atoms. The number of hydrogen-bond acceptors (Lipinski definition) is 7. The first-order valence-corrected chi connectivity index (χ1v) is 7.43. The van der Waals surface area contributed by atoms with Crippen molar-refractivity contribution in [3.63, 3.8) is 0 Å². The third-order valence-corrected chi connectivity index (χ3v) is 4.04. The molecule has 1 amide bonds. The van der Waals surface area contributed by atoms with Gasteiger partial charge in [0.15, 0.2) is 11.8 Å². The second-order valence-electron chi connectivity index (χ2n) is 5.66. The number of para-hydroxylation sites is 2. The highest BCUT2D eigenvalue weighted by Crippen LogP contribution is 2.30. The minimum atomic E-state index is -1.44. The number of oxazole rings is 1. The van der Waals surface area contributed by atoms with Crippen molar-refractivity contribution >= 4 is 17.0 Å². The van der Waals surface area contributed by atoms with E-state index < -0.39 is 48.9 Å². The van der Waals surface area contributed by atoms with Crippen molar-refractivity contribution in [3.05, 3.63) is 34.8 Å². The molecule has 0 radical (unpaired) electrons. The summed E-state index contributed by atoms with van der Waals surface area (Å²) in [5, 5.41) is 32.2. The number of aliphatic hydroxyl groups is 3. The summed E-state index contributed by atoms with van der Waals surface area (Å²) >= 11 is 0. The smallest absolute Gasteiger partial charge is 0.408 e. The molecule has 130 valence electrons. The molecule has 4 N–H and O–H groups in total. The molecule has 9 nitrogen and oxygen atoms in total. The maximum absolute atomic E-state index is 12.2. The average molecular weight is 338 g/mol. The van der Waals surface area contributed by atoms with Crippen LogP contribution in [0.1, 0.15) is 13.2 Å². The lowest BCUT2D eigenvalue weighted by Crippen LogP contribution is -2.62. The summed E-state index contributed by atoms with van der Waals surface area (Å²) in [6.07, 6.45) is -5.13. The first-order chi connectivity index (χ1) is 11.4. The number of ether oxygens (including phenoxy) is 1. The van der Waals surface area contributed by atoms with Crippen LogP contribution in [0.5, 0.6) is 0 Å². The molecule has 1 aliphatic rings. The third kappa shape index (κ3) is 2.71. The van der Waals surface area contributed by atoms with Gasteiger partial charge >= 0.3 is 5.76 Å². The van der Waals surface area contributed by atoms with Crippen molar-refractivity contribution in [3.8, 4) is 0 Å². The number of rotatable bonds is 3. The zero-order chi connectivity index (χ0) is 17.4. The molecule has 0 bridgehead atoms. The predicted molar refractivity (Wildman–Crippen MR) is 81.1 cm³/mol. The quantitative estimate of drug-likeness (QED) is 0.547. The van der Waals surface area contributed by atoms with E-state index in [1.807, 2.05) is 0 Å². The molecular formula is C15H18N2O7. The number of aliphatic hydroxyl groups excluding tert-OH is 3. The van der Waals surface area contributed by atoms with E-state index in [1.165, 1.54) is 6.92 Å². The highest BCUT2D eigenvalue weighted by molar-refractivity contribution is 5.74. The molecule has 1 fully saturated rings. The number of amides is 1. The van der Waals surface area contributed by atoms with Gasteiger partial charge < -0.3 is 29.8 Å². The lowest BCUT2D eigenvalue weighted by molar-refractivity contribution is -0.216. The Kier molecular flexibility index (Phi) is 4.41. The second kappa shape index (κ2) is 6.36. The predicted octanol–water partition coefficient (Wildman–Crippen LogP) is -1.29. The van der Waals surface area contributed by atoms with Gasteiger partial charge in [-0.25, -0.2) is 9.36 Å². The van der Waals surface area contributed by atoms with Crippen molar-refractivity contribution in [1.29, 1.82) is 0 Å². The molecule has 5 atom stereocenters. The van der Waals surface area contributed by atoms with E-state index in [-0.39, 0.29) is 0 Å². The standard InChI is InChI=1S/C15H18N2O7/c1-7(19)16-11-13(21)12(20)10(6-18)23-14(11)17-8-4-2-3-5-9(8)24-15(17)22/h2-5,10-14,18,20-21H,6H2,1H3,(H,16,19)/t10-,11+,12+,13-,14-/m0/s1. The number of aromatic nitrogens is 1. The third-order valence-electron chi connectivity index (χ3n) is 4.04. The van der Waals surface area contributed by atoms with E-state index in [0.717, 1.165) is 4.57 Å². The zero-order valence-corrected chi connectivity index (χ0v) is 12.8. The number of carbonyl (C=O) groups excluding carboxylic acids is 1. The van der Waals surface area contributed by atoms with Crippen LogP contribution in [0, 0.1) is 0 Å². The van der Waals surface area contributed by atoms with E-state index in [0.29, 0.717) is 11.1 Å². The van der Waals surface area contributed by atoms with Crippen molar-refractivity contribution in [2.45, 2.75) is 37.5 Å². The number of fused-ring (bicyclic) bond motifs is 1. The van der Waals surface area contributed by atoms with Crippen LogP contribution in [-0.4, -0.2) is 56.8 Å². The maximum atomic E-state index is 12.2. The number of carbonyl (C=O) groups is 1. The van der Waals surface area contributed by atoms with Gasteiger partial charge in [0.05, 0.1) is 12.1 Å². The highest BCUT2D eigenvalue weighted by atomic mass is 16.5. The molecule has 3 rings (SSSR count). The molecular weight excluding hydrogens is 320 g/mol. The summed E-state index contributed by atoms with van der Waals surface area (Å²) in [4.78, 5) is 23.7. The topological polar surface area (TPSA) is 134 Å². The van der Waals surface area contributed by atoms with E-state index in [1.54, 1.807) is 24.3 Å². The van der Waals surface area contributed by atoms with Gasteiger partial charge in [-0.05, 0) is 12.1 Å². The van der Waals surface area contributed by atoms with Gasteiger partial charge in [-0.3, -0.25) is 4.79 Å². The summed E-state index contributed by atoms with van der Waals surface area (Å²) in [5.41, 5.74) is 0.719. The van der Waals surface area contributed by atoms with Crippen LogP contribution in [0.4, 0.5) is 0 Å². The van der Waals surface area contributed by atoms with Gasteiger partial charge in [-0.15, -0.1) is 0 Å². The van der Waals surface area contributed by atoms with Gasteiger partial charge in [0, 0.05) is 6.92 Å². The lowest BCUT2D eigenvalue weighted by Gasteiger charge is -2.42. The fraction of sp³-hybridized carbons (Fsp3) is 0.467. The maximum Gasteiger partial charge on any atom is 0.422 e. The molecule has 1 aromatic carbocycles. The molecule has 0 saturated carbocycles. The Morgan fingerprint density at radius 2 is 2.00 bits per heavy atom. The van der Waals surface area contributed by atoms with Gasteiger partial charge in [-0.2, -0.15) is 0 Å². The zero-order valence-electron chi connectivity index (χ0n) is 12.8. The van der Waals surface area contributed by atoms with Gasteiger partial charge in [0.2, 0.25) is 5.91 Å². The van der Waals surface area contributed by atoms with E-state index in [4.69, 9.17) is 9.15 Å². The van der Waals surface area contributed by atoms with E-state index in [2.05, 4.69) is 5.32 Å². The Balaban J connectivity index is 2.11. The largest absolute Gasteiger partial charge is 0.422 e. The Labute approximate surface area is 136 Å². The number of nitrogens with one attached hydrogen (secondary N) is 1. The monoisotopic (exact) mass is 338 g/mol. The number of benzene rings is 1. The normalized spacial score (nSPS) is 30.4. The molecule has 0 unspecified atom stereocenters. The SMILES string of the molecule is CC(=O)N[C@@H]1[C@H](O)[C@H](O)[C@H](CO)O[C@@H]1n1c(=O)oc2ccccc21. The van der Waals surface area contributed by atoms with Crippen LogP contribution in [0.15, 0.2) is 33.5 Å². The summed E-state index contributed by atoms with van der Waals surface area (Å²) < 4.78 is 11.9. The molecule has 0 aliphatic carbocycles. The van der Waals surface area contributed by atoms with Gasteiger partial charge in [0.1, 0.15) is 24.4 Å². The minimum absolute atomic E-state index is 0.314. The molecule has 2 heterocycles. The Morgan fingerprint density at radius 1 is 1.29 bits per heavy atom. The van der Waals surface area contributed by atoms with Crippen LogP contribution in [0.25, 0.3) is 11.1 Å². The van der Waals surface area contributed by atoms with Crippen molar-refractivity contribution in [1.82, 2.24) is 9.88 Å². The Hall–Kier alpha value is -2.20. The first-order valence-electron chi connectivity index (χ1n) is 7.43. The van der Waals surface area contributed by atoms with Crippen molar-refractivity contribution in [2.75, 3.05) is 6.61 Å². The lowest BCUT2D eigenvalue weighted by atomic mass is 9.95. The molecule has 1 aromatic heterocycles. The Morgan fingerprint density at radius 3 is 2.67 bits per heavy atom. The fourth-order valence-corrected chi connectivity index (χ4v) is 2.93. The summed E-state index contributed by atoms with van der Waals surface area (Å²) in [6.45, 7) is 0.677. The summed E-state index contributed by atoms with van der Waals surface area (Å²) in [6, 6.07) is 5.51. The van der Waals surface area contributed by atoms with Gasteiger partial charge in [-0.1, -0.05) is 12.1 Å². The van der Waals surface area contributed by atoms with Crippen LogP contribution < -0.4 is 11.1 Å². The van der Waals surface area contributed by atoms with Crippen LogP contribution >= 0.6 is 0 Å². The highest BCUT2D eigenvalue weighted by Gasteiger charge is 2.46. The van der Waals surface area contributed by atoms with Crippen LogP contribution in [0.2, 0.25) is 0 Å².